The molecule has 0 aromatic rings. The molecule has 0 aromatic heterocycles. The van der Waals surface area contributed by atoms with Crippen LogP contribution in [0.3, 0.4) is 0 Å². The summed E-state index contributed by atoms with van der Waals surface area (Å²) in [6.45, 7) is 4.29. The van der Waals surface area contributed by atoms with Gasteiger partial charge in [-0.2, -0.15) is 0 Å². The molecule has 0 aliphatic rings. The van der Waals surface area contributed by atoms with Gasteiger partial charge in [-0.25, -0.2) is 0 Å². The first-order valence-electron chi connectivity index (χ1n) is 4.38. The van der Waals surface area contributed by atoms with Gasteiger partial charge in [-0.05, 0) is 18.8 Å². The predicted molar refractivity (Wildman–Crippen MR) is 48.7 cm³/mol. The monoisotopic (exact) mass is 173 g/mol. The van der Waals surface area contributed by atoms with Crippen LogP contribution in [0.15, 0.2) is 0 Å². The molecule has 0 aromatic carbocycles. The molecule has 2 N–H and O–H groups in total. The average Bonchev–Trinajstić information content (AvgIpc) is 2.00. The zero-order valence-electron chi connectivity index (χ0n) is 8.17. The first-order valence-corrected chi connectivity index (χ1v) is 4.38. The normalized spacial score (nSPS) is 13.1. The molecule has 0 saturated heterocycles. The Hall–Kier alpha value is -0.570. The molecule has 3 heteroatoms. The zero-order chi connectivity index (χ0) is 9.56. The van der Waals surface area contributed by atoms with Gasteiger partial charge < -0.3 is 10.5 Å². The molecule has 0 aliphatic carbocycles. The molecule has 1 atom stereocenters. The minimum absolute atomic E-state index is 0.0418. The van der Waals surface area contributed by atoms with Crippen LogP contribution in [-0.4, -0.2) is 19.1 Å². The number of ether oxygens (including phenoxy) is 1. The number of methoxy groups -OCH3 is 1. The van der Waals surface area contributed by atoms with Gasteiger partial charge in [0.15, 0.2) is 0 Å². The molecule has 0 radical (unpaired) electrons. The van der Waals surface area contributed by atoms with Crippen LogP contribution in [0.25, 0.3) is 0 Å². The van der Waals surface area contributed by atoms with Crippen molar-refractivity contribution >= 4 is 5.97 Å². The van der Waals surface area contributed by atoms with Crippen LogP contribution in [0.2, 0.25) is 0 Å². The smallest absolute Gasteiger partial charge is 0.307 e. The SMILES string of the molecule is COC(=O)CC(N)CCC(C)C. The summed E-state index contributed by atoms with van der Waals surface area (Å²) in [5.74, 6) is 0.431. The van der Waals surface area contributed by atoms with Crippen LogP contribution in [0.5, 0.6) is 0 Å². The second-order valence-electron chi connectivity index (χ2n) is 3.51. The van der Waals surface area contributed by atoms with Gasteiger partial charge in [0.05, 0.1) is 13.5 Å². The van der Waals surface area contributed by atoms with Crippen LogP contribution in [0, 0.1) is 5.92 Å². The third-order valence-corrected chi connectivity index (χ3v) is 1.77. The first-order chi connectivity index (χ1) is 5.56. The number of hydrogen-bond donors (Lipinski definition) is 1. The van der Waals surface area contributed by atoms with Crippen molar-refractivity contribution in [1.29, 1.82) is 0 Å². The van der Waals surface area contributed by atoms with Crippen LogP contribution in [-0.2, 0) is 9.53 Å². The molecular weight excluding hydrogens is 154 g/mol. The molecule has 3 nitrogen and oxygen atoms in total. The maximum absolute atomic E-state index is 10.8. The van der Waals surface area contributed by atoms with E-state index in [2.05, 4.69) is 18.6 Å². The Morgan fingerprint density at radius 2 is 2.00 bits per heavy atom. The van der Waals surface area contributed by atoms with Gasteiger partial charge in [-0.1, -0.05) is 13.8 Å². The Morgan fingerprint density at radius 3 is 2.42 bits per heavy atom. The fourth-order valence-corrected chi connectivity index (χ4v) is 0.947. The highest BCUT2D eigenvalue weighted by atomic mass is 16.5. The molecule has 0 aliphatic heterocycles. The lowest BCUT2D eigenvalue weighted by Crippen LogP contribution is -2.24. The highest BCUT2D eigenvalue weighted by Crippen LogP contribution is 2.07. The fraction of sp³-hybridized carbons (Fsp3) is 0.889. The van der Waals surface area contributed by atoms with Gasteiger partial charge in [-0.3, -0.25) is 4.79 Å². The fourth-order valence-electron chi connectivity index (χ4n) is 0.947. The average molecular weight is 173 g/mol. The van der Waals surface area contributed by atoms with E-state index in [9.17, 15) is 4.79 Å². The van der Waals surface area contributed by atoms with Crippen molar-refractivity contribution in [2.45, 2.75) is 39.2 Å². The van der Waals surface area contributed by atoms with Crippen molar-refractivity contribution in [1.82, 2.24) is 0 Å². The molecule has 0 bridgehead atoms. The van der Waals surface area contributed by atoms with E-state index < -0.39 is 0 Å². The number of carbonyl (C=O) groups excluding carboxylic acids is 1. The topological polar surface area (TPSA) is 52.3 Å². The summed E-state index contributed by atoms with van der Waals surface area (Å²) < 4.78 is 4.51. The molecule has 0 heterocycles. The maximum atomic E-state index is 10.8. The largest absolute Gasteiger partial charge is 0.469 e. The molecule has 0 spiro atoms. The Morgan fingerprint density at radius 1 is 1.42 bits per heavy atom. The quantitative estimate of drug-likeness (QED) is 0.638. The predicted octanol–water partition coefficient (Wildman–Crippen LogP) is 1.31. The summed E-state index contributed by atoms with van der Waals surface area (Å²) in [5.41, 5.74) is 5.70. The van der Waals surface area contributed by atoms with E-state index in [1.165, 1.54) is 7.11 Å². The van der Waals surface area contributed by atoms with E-state index in [-0.39, 0.29) is 12.0 Å². The van der Waals surface area contributed by atoms with Crippen LogP contribution in [0.1, 0.15) is 33.1 Å². The molecule has 0 rings (SSSR count). The van der Waals surface area contributed by atoms with Gasteiger partial charge in [0.2, 0.25) is 0 Å². The Labute approximate surface area is 74.3 Å². The number of rotatable bonds is 5. The number of carbonyl (C=O) groups is 1. The molecule has 1 unspecified atom stereocenters. The van der Waals surface area contributed by atoms with Crippen molar-refractivity contribution in [3.63, 3.8) is 0 Å². The van der Waals surface area contributed by atoms with Crippen molar-refractivity contribution in [3.8, 4) is 0 Å². The number of esters is 1. The van der Waals surface area contributed by atoms with Crippen LogP contribution >= 0.6 is 0 Å². The second kappa shape index (κ2) is 6.00. The molecule has 0 fully saturated rings. The third-order valence-electron chi connectivity index (χ3n) is 1.77. The summed E-state index contributed by atoms with van der Waals surface area (Å²) >= 11 is 0. The Bertz CT molecular complexity index is 134. The Kier molecular flexibility index (Phi) is 5.72. The third kappa shape index (κ3) is 6.16. The highest BCUT2D eigenvalue weighted by molar-refractivity contribution is 5.69. The van der Waals surface area contributed by atoms with E-state index in [4.69, 9.17) is 5.73 Å². The molecule has 0 saturated carbocycles. The first kappa shape index (κ1) is 11.4. The van der Waals surface area contributed by atoms with Gasteiger partial charge in [0, 0.05) is 6.04 Å². The number of hydrogen-bond acceptors (Lipinski definition) is 3. The zero-order valence-corrected chi connectivity index (χ0v) is 8.17. The van der Waals surface area contributed by atoms with E-state index in [1.807, 2.05) is 0 Å². The van der Waals surface area contributed by atoms with Crippen LogP contribution in [0.4, 0.5) is 0 Å². The summed E-state index contributed by atoms with van der Waals surface area (Å²) in [5, 5.41) is 0. The molecule has 0 amide bonds. The van der Waals surface area contributed by atoms with Crippen molar-refractivity contribution < 1.29 is 9.53 Å². The summed E-state index contributed by atoms with van der Waals surface area (Å²) in [4.78, 5) is 10.8. The second-order valence-corrected chi connectivity index (χ2v) is 3.51. The minimum Gasteiger partial charge on any atom is -0.469 e. The van der Waals surface area contributed by atoms with E-state index >= 15 is 0 Å². The molecule has 12 heavy (non-hydrogen) atoms. The van der Waals surface area contributed by atoms with Crippen molar-refractivity contribution in [2.24, 2.45) is 11.7 Å². The van der Waals surface area contributed by atoms with Gasteiger partial charge in [0.1, 0.15) is 0 Å². The van der Waals surface area contributed by atoms with E-state index in [1.54, 1.807) is 0 Å². The van der Waals surface area contributed by atoms with Crippen LogP contribution < -0.4 is 5.73 Å². The Balaban J connectivity index is 3.45. The standard InChI is InChI=1S/C9H19NO2/c1-7(2)4-5-8(10)6-9(11)12-3/h7-8H,4-6,10H2,1-3H3. The lowest BCUT2D eigenvalue weighted by atomic mass is 10.0. The summed E-state index contributed by atoms with van der Waals surface area (Å²) in [7, 11) is 1.39. The van der Waals surface area contributed by atoms with Gasteiger partial charge in [0.25, 0.3) is 0 Å². The molecular formula is C9H19NO2. The maximum Gasteiger partial charge on any atom is 0.307 e. The summed E-state index contributed by atoms with van der Waals surface area (Å²) in [6.07, 6.45) is 2.30. The van der Waals surface area contributed by atoms with Crippen molar-refractivity contribution in [3.05, 3.63) is 0 Å². The number of nitrogens with two attached hydrogens (primary N) is 1. The van der Waals surface area contributed by atoms with E-state index in [0.717, 1.165) is 12.8 Å². The lowest BCUT2D eigenvalue weighted by Gasteiger charge is -2.11. The van der Waals surface area contributed by atoms with Gasteiger partial charge in [-0.15, -0.1) is 0 Å². The highest BCUT2D eigenvalue weighted by Gasteiger charge is 2.09. The minimum atomic E-state index is -0.216. The van der Waals surface area contributed by atoms with Crippen molar-refractivity contribution in [2.75, 3.05) is 7.11 Å². The van der Waals surface area contributed by atoms with E-state index in [0.29, 0.717) is 12.3 Å². The molecule has 72 valence electrons. The van der Waals surface area contributed by atoms with Gasteiger partial charge >= 0.3 is 5.97 Å². The summed E-state index contributed by atoms with van der Waals surface area (Å²) in [6, 6.07) is -0.0418. The lowest BCUT2D eigenvalue weighted by molar-refractivity contribution is -0.141.